The molecule has 0 bridgehead atoms. The Hall–Kier alpha value is -4.55. The van der Waals surface area contributed by atoms with Gasteiger partial charge in [-0.15, -0.1) is 0 Å². The first-order valence-corrected chi connectivity index (χ1v) is 12.0. The van der Waals surface area contributed by atoms with E-state index < -0.39 is 65.4 Å². The average molecular weight is 623 g/mol. The third-order valence-electron chi connectivity index (χ3n) is 6.01. The second kappa shape index (κ2) is 12.4. The van der Waals surface area contributed by atoms with E-state index >= 15 is 0 Å². The van der Waals surface area contributed by atoms with Crippen molar-refractivity contribution in [3.8, 4) is 11.4 Å². The number of hydrogen-bond acceptors (Lipinski definition) is 8. The first-order chi connectivity index (χ1) is 20.1. The fraction of sp³-hybridized carbons (Fsp3) is 0.333. The number of rotatable bonds is 10. The molecule has 0 spiro atoms. The van der Waals surface area contributed by atoms with Gasteiger partial charge in [-0.3, -0.25) is 14.2 Å². The number of anilines is 1. The summed E-state index contributed by atoms with van der Waals surface area (Å²) in [6, 6.07) is 0.692. The molecule has 0 amide bonds. The van der Waals surface area contributed by atoms with Crippen LogP contribution in [0.15, 0.2) is 46.6 Å². The molecule has 43 heavy (non-hydrogen) atoms. The first-order valence-electron chi connectivity index (χ1n) is 12.0. The van der Waals surface area contributed by atoms with Crippen LogP contribution in [0.1, 0.15) is 24.0 Å². The van der Waals surface area contributed by atoms with E-state index in [1.165, 1.54) is 0 Å². The topological polar surface area (TPSA) is 128 Å². The lowest BCUT2D eigenvalue weighted by Crippen LogP contribution is -2.32. The molecule has 3 heterocycles. The Morgan fingerprint density at radius 2 is 1.67 bits per heavy atom. The van der Waals surface area contributed by atoms with Gasteiger partial charge < -0.3 is 10.1 Å². The monoisotopic (exact) mass is 623 g/mol. The Kier molecular flexibility index (Phi) is 9.02. The molecule has 0 unspecified atom stereocenters. The van der Waals surface area contributed by atoms with E-state index in [9.17, 15) is 49.1 Å². The smallest absolute Gasteiger partial charge is 0.378 e. The summed E-state index contributed by atoms with van der Waals surface area (Å²) in [5.41, 5.74) is -6.18. The molecule has 3 aromatic heterocycles. The number of benzene rings is 1. The number of nitrogens with zero attached hydrogens (tertiary/aromatic N) is 5. The van der Waals surface area contributed by atoms with Gasteiger partial charge in [-0.05, 0) is 25.0 Å². The zero-order valence-electron chi connectivity index (χ0n) is 21.3. The van der Waals surface area contributed by atoms with Gasteiger partial charge in [0.1, 0.15) is 11.4 Å². The molecule has 0 aliphatic rings. The van der Waals surface area contributed by atoms with Gasteiger partial charge in [0, 0.05) is 25.0 Å². The van der Waals surface area contributed by atoms with Crippen molar-refractivity contribution in [2.45, 2.75) is 44.4 Å². The summed E-state index contributed by atoms with van der Waals surface area (Å²) in [5, 5.41) is 7.06. The summed E-state index contributed by atoms with van der Waals surface area (Å²) in [6.45, 7) is -4.16. The van der Waals surface area contributed by atoms with E-state index in [1.54, 1.807) is 5.10 Å². The van der Waals surface area contributed by atoms with Gasteiger partial charge in [-0.2, -0.15) is 40.2 Å². The standard InChI is InChI=1S/C24H18F9N7O3/c25-15-4-14-16(5-13(15)19-34-6-11(7-35-19)23(28,29)30)36-10-40(21(14)42)3-1-2-12(9-43-22(26)27)38-17-8-37-39-20(41)18(17)24(31,32)33/h4-8,10,12,22H,1-3,9H2,(H2,38,39,41)/t12-/m1/s1. The fourth-order valence-electron chi connectivity index (χ4n) is 4.03. The van der Waals surface area contributed by atoms with Gasteiger partial charge in [0.15, 0.2) is 5.82 Å². The maximum atomic E-state index is 14.8. The minimum absolute atomic E-state index is 0.00467. The second-order valence-corrected chi connectivity index (χ2v) is 8.95. The van der Waals surface area contributed by atoms with E-state index in [0.717, 1.165) is 23.0 Å². The lowest BCUT2D eigenvalue weighted by atomic mass is 10.1. The van der Waals surface area contributed by atoms with Gasteiger partial charge in [-0.1, -0.05) is 0 Å². The number of nitrogens with one attached hydrogen (secondary N) is 2. The molecule has 4 rings (SSSR count). The summed E-state index contributed by atoms with van der Waals surface area (Å²) in [7, 11) is 0. The van der Waals surface area contributed by atoms with Crippen molar-refractivity contribution in [1.82, 2.24) is 29.7 Å². The highest BCUT2D eigenvalue weighted by Crippen LogP contribution is 2.32. The van der Waals surface area contributed by atoms with E-state index in [2.05, 4.69) is 30.1 Å². The lowest BCUT2D eigenvalue weighted by molar-refractivity contribution is -0.139. The molecule has 0 saturated heterocycles. The Balaban J connectivity index is 1.52. The maximum absolute atomic E-state index is 14.8. The largest absolute Gasteiger partial charge is 0.423 e. The SMILES string of the molecule is O=c1[nH]ncc(N[C@H](CCCn2cnc3cc(-c4ncc(C(F)(F)F)cn4)c(F)cc3c2=O)COC(F)F)c1C(F)(F)F. The molecular weight excluding hydrogens is 605 g/mol. The Labute approximate surface area is 233 Å². The summed E-state index contributed by atoms with van der Waals surface area (Å²) >= 11 is 0. The lowest BCUT2D eigenvalue weighted by Gasteiger charge is -2.22. The summed E-state index contributed by atoms with van der Waals surface area (Å²) in [6.07, 6.45) is -7.26. The zero-order valence-corrected chi connectivity index (χ0v) is 21.3. The van der Waals surface area contributed by atoms with Gasteiger partial charge in [-0.25, -0.2) is 24.4 Å². The Morgan fingerprint density at radius 3 is 2.30 bits per heavy atom. The number of aromatic amines is 1. The number of aromatic nitrogens is 6. The van der Waals surface area contributed by atoms with E-state index in [0.29, 0.717) is 18.6 Å². The zero-order chi connectivity index (χ0) is 31.5. The van der Waals surface area contributed by atoms with Crippen molar-refractivity contribution in [2.75, 3.05) is 11.9 Å². The molecule has 4 aromatic rings. The van der Waals surface area contributed by atoms with Gasteiger partial charge in [0.2, 0.25) is 0 Å². The van der Waals surface area contributed by atoms with Crippen molar-refractivity contribution in [3.63, 3.8) is 0 Å². The number of alkyl halides is 8. The first kappa shape index (κ1) is 31.4. The highest BCUT2D eigenvalue weighted by Gasteiger charge is 2.38. The third-order valence-corrected chi connectivity index (χ3v) is 6.01. The molecule has 0 fully saturated rings. The number of H-pyrrole nitrogens is 1. The average Bonchev–Trinajstić information content (AvgIpc) is 2.91. The van der Waals surface area contributed by atoms with Crippen LogP contribution in [0.3, 0.4) is 0 Å². The highest BCUT2D eigenvalue weighted by atomic mass is 19.4. The molecular formula is C24H18F9N7O3. The van der Waals surface area contributed by atoms with Crippen LogP contribution >= 0.6 is 0 Å². The second-order valence-electron chi connectivity index (χ2n) is 8.95. The molecule has 10 nitrogen and oxygen atoms in total. The number of halogens is 9. The summed E-state index contributed by atoms with van der Waals surface area (Å²) in [5.74, 6) is -1.41. The van der Waals surface area contributed by atoms with Crippen LogP contribution in [0.5, 0.6) is 0 Å². The fourth-order valence-corrected chi connectivity index (χ4v) is 4.03. The van der Waals surface area contributed by atoms with Crippen molar-refractivity contribution in [3.05, 3.63) is 74.7 Å². The van der Waals surface area contributed by atoms with Crippen LogP contribution in [-0.4, -0.2) is 49.0 Å². The van der Waals surface area contributed by atoms with Crippen LogP contribution in [0.25, 0.3) is 22.3 Å². The molecule has 2 N–H and O–H groups in total. The molecule has 0 saturated carbocycles. The molecule has 0 radical (unpaired) electrons. The molecule has 1 atom stereocenters. The predicted octanol–water partition coefficient (Wildman–Crippen LogP) is 4.61. The third kappa shape index (κ3) is 7.46. The number of fused-ring (bicyclic) bond motifs is 1. The van der Waals surface area contributed by atoms with E-state index in [-0.39, 0.29) is 41.7 Å². The summed E-state index contributed by atoms with van der Waals surface area (Å²) < 4.78 is 124. The van der Waals surface area contributed by atoms with E-state index in [4.69, 9.17) is 0 Å². The molecule has 19 heteroatoms. The van der Waals surface area contributed by atoms with Crippen LogP contribution in [0, 0.1) is 5.82 Å². The van der Waals surface area contributed by atoms with Crippen molar-refractivity contribution in [2.24, 2.45) is 0 Å². The highest BCUT2D eigenvalue weighted by molar-refractivity contribution is 5.82. The van der Waals surface area contributed by atoms with Crippen molar-refractivity contribution < 1.29 is 44.3 Å². The molecule has 1 aromatic carbocycles. The quantitative estimate of drug-likeness (QED) is 0.245. The van der Waals surface area contributed by atoms with Crippen LogP contribution in [-0.2, 0) is 23.6 Å². The van der Waals surface area contributed by atoms with Gasteiger partial charge >= 0.3 is 19.0 Å². The van der Waals surface area contributed by atoms with E-state index in [1.807, 2.05) is 0 Å². The molecule has 0 aliphatic carbocycles. The predicted molar refractivity (Wildman–Crippen MR) is 130 cm³/mol. The van der Waals surface area contributed by atoms with Crippen LogP contribution in [0.4, 0.5) is 45.2 Å². The maximum Gasteiger partial charge on any atom is 0.423 e. The minimum Gasteiger partial charge on any atom is -0.378 e. The normalized spacial score (nSPS) is 13.1. The molecule has 0 aliphatic heterocycles. The number of hydrogen-bond donors (Lipinski definition) is 2. The Bertz CT molecular complexity index is 1700. The number of aryl methyl sites for hydroxylation is 1. The van der Waals surface area contributed by atoms with Crippen LogP contribution < -0.4 is 16.4 Å². The van der Waals surface area contributed by atoms with Crippen LogP contribution in [0.2, 0.25) is 0 Å². The van der Waals surface area contributed by atoms with Gasteiger partial charge in [0.05, 0.1) is 46.8 Å². The summed E-state index contributed by atoms with van der Waals surface area (Å²) in [4.78, 5) is 35.8. The van der Waals surface area contributed by atoms with Crippen molar-refractivity contribution >= 4 is 16.6 Å². The van der Waals surface area contributed by atoms with Gasteiger partial charge in [0.25, 0.3) is 11.1 Å². The minimum atomic E-state index is -5.09. The van der Waals surface area contributed by atoms with Crippen molar-refractivity contribution in [1.29, 1.82) is 0 Å². The number of ether oxygens (including phenoxy) is 1. The Morgan fingerprint density at radius 1 is 0.977 bits per heavy atom. The molecule has 230 valence electrons.